The third kappa shape index (κ3) is 4.55. The first-order chi connectivity index (χ1) is 10.2. The lowest BCUT2D eigenvalue weighted by atomic mass is 10.2. The summed E-state index contributed by atoms with van der Waals surface area (Å²) in [5, 5.41) is 9.52. The average Bonchev–Trinajstić information content (AvgIpc) is 2.82. The van der Waals surface area contributed by atoms with Gasteiger partial charge >= 0.3 is 0 Å². The van der Waals surface area contributed by atoms with Crippen LogP contribution in [0, 0.1) is 5.92 Å². The monoisotopic (exact) mass is 289 g/mol. The van der Waals surface area contributed by atoms with E-state index in [0.29, 0.717) is 5.92 Å². The van der Waals surface area contributed by atoms with Crippen molar-refractivity contribution in [2.45, 2.75) is 40.3 Å². The SMILES string of the molecule is CCOCCCn1nc(CNCC(C)C)c2ccccc21. The van der Waals surface area contributed by atoms with Gasteiger partial charge in [-0.05, 0) is 31.9 Å². The van der Waals surface area contributed by atoms with Crippen molar-refractivity contribution in [1.82, 2.24) is 15.1 Å². The smallest absolute Gasteiger partial charge is 0.0841 e. The van der Waals surface area contributed by atoms with Crippen LogP contribution in [0.4, 0.5) is 0 Å². The number of hydrogen-bond donors (Lipinski definition) is 1. The van der Waals surface area contributed by atoms with Gasteiger partial charge in [0, 0.05) is 31.7 Å². The van der Waals surface area contributed by atoms with Crippen LogP contribution in [-0.4, -0.2) is 29.5 Å². The first-order valence-corrected chi connectivity index (χ1v) is 7.95. The molecule has 1 aromatic heterocycles. The number of fused-ring (bicyclic) bond motifs is 1. The summed E-state index contributed by atoms with van der Waals surface area (Å²) in [7, 11) is 0. The molecular formula is C17H27N3O. The van der Waals surface area contributed by atoms with Crippen LogP contribution in [0.15, 0.2) is 24.3 Å². The van der Waals surface area contributed by atoms with Gasteiger partial charge in [-0.3, -0.25) is 4.68 Å². The quantitative estimate of drug-likeness (QED) is 0.721. The normalized spacial score (nSPS) is 11.6. The van der Waals surface area contributed by atoms with Crippen LogP contribution in [0.25, 0.3) is 10.9 Å². The lowest BCUT2D eigenvalue weighted by Gasteiger charge is -2.05. The van der Waals surface area contributed by atoms with Crippen LogP contribution in [0.2, 0.25) is 0 Å². The van der Waals surface area contributed by atoms with Gasteiger partial charge in [-0.15, -0.1) is 0 Å². The Kier molecular flexibility index (Phi) is 6.21. The number of benzene rings is 1. The van der Waals surface area contributed by atoms with E-state index in [1.165, 1.54) is 10.9 Å². The molecule has 4 nitrogen and oxygen atoms in total. The maximum absolute atomic E-state index is 5.41. The minimum absolute atomic E-state index is 0.657. The summed E-state index contributed by atoms with van der Waals surface area (Å²) in [4.78, 5) is 0. The summed E-state index contributed by atoms with van der Waals surface area (Å²) in [5.74, 6) is 0.657. The van der Waals surface area contributed by atoms with Crippen molar-refractivity contribution in [3.63, 3.8) is 0 Å². The molecule has 116 valence electrons. The van der Waals surface area contributed by atoms with Crippen LogP contribution in [-0.2, 0) is 17.8 Å². The van der Waals surface area contributed by atoms with E-state index in [9.17, 15) is 0 Å². The Morgan fingerprint density at radius 2 is 2.10 bits per heavy atom. The fourth-order valence-electron chi connectivity index (χ4n) is 2.44. The predicted molar refractivity (Wildman–Crippen MR) is 87.4 cm³/mol. The van der Waals surface area contributed by atoms with E-state index in [1.54, 1.807) is 0 Å². The van der Waals surface area contributed by atoms with Gasteiger partial charge in [-0.25, -0.2) is 0 Å². The highest BCUT2D eigenvalue weighted by molar-refractivity contribution is 5.81. The molecule has 0 bridgehead atoms. The second-order valence-corrected chi connectivity index (χ2v) is 5.76. The van der Waals surface area contributed by atoms with E-state index in [1.807, 2.05) is 6.92 Å². The maximum Gasteiger partial charge on any atom is 0.0841 e. The Balaban J connectivity index is 2.06. The summed E-state index contributed by atoms with van der Waals surface area (Å²) in [5.41, 5.74) is 2.36. The van der Waals surface area contributed by atoms with Crippen molar-refractivity contribution >= 4 is 10.9 Å². The number of aromatic nitrogens is 2. The zero-order valence-electron chi connectivity index (χ0n) is 13.4. The van der Waals surface area contributed by atoms with E-state index >= 15 is 0 Å². The lowest BCUT2D eigenvalue weighted by Crippen LogP contribution is -2.19. The van der Waals surface area contributed by atoms with Gasteiger partial charge in [-0.1, -0.05) is 32.0 Å². The van der Waals surface area contributed by atoms with E-state index in [4.69, 9.17) is 9.84 Å². The molecule has 21 heavy (non-hydrogen) atoms. The molecule has 0 radical (unpaired) electrons. The van der Waals surface area contributed by atoms with E-state index in [-0.39, 0.29) is 0 Å². The third-order valence-corrected chi connectivity index (χ3v) is 3.44. The summed E-state index contributed by atoms with van der Waals surface area (Å²) in [6.45, 7) is 10.8. The number of nitrogens with one attached hydrogen (secondary N) is 1. The maximum atomic E-state index is 5.41. The number of para-hydroxylation sites is 1. The Hall–Kier alpha value is -1.39. The van der Waals surface area contributed by atoms with Gasteiger partial charge in [-0.2, -0.15) is 5.10 Å². The van der Waals surface area contributed by atoms with Gasteiger partial charge in [0.1, 0.15) is 0 Å². The zero-order chi connectivity index (χ0) is 15.1. The van der Waals surface area contributed by atoms with Crippen molar-refractivity contribution < 1.29 is 4.74 Å². The summed E-state index contributed by atoms with van der Waals surface area (Å²) in [6, 6.07) is 8.47. The van der Waals surface area contributed by atoms with Crippen LogP contribution in [0.1, 0.15) is 32.9 Å². The molecule has 2 aromatic rings. The molecule has 0 aliphatic carbocycles. The van der Waals surface area contributed by atoms with Gasteiger partial charge in [0.15, 0.2) is 0 Å². The van der Waals surface area contributed by atoms with Crippen molar-refractivity contribution in [3.8, 4) is 0 Å². The molecule has 0 saturated heterocycles. The largest absolute Gasteiger partial charge is 0.382 e. The van der Waals surface area contributed by atoms with Crippen LogP contribution >= 0.6 is 0 Å². The third-order valence-electron chi connectivity index (χ3n) is 3.44. The van der Waals surface area contributed by atoms with Crippen LogP contribution in [0.5, 0.6) is 0 Å². The number of hydrogen-bond acceptors (Lipinski definition) is 3. The number of aryl methyl sites for hydroxylation is 1. The molecule has 2 rings (SSSR count). The van der Waals surface area contributed by atoms with E-state index in [0.717, 1.165) is 45.0 Å². The topological polar surface area (TPSA) is 39.1 Å². The molecular weight excluding hydrogens is 262 g/mol. The summed E-state index contributed by atoms with van der Waals surface area (Å²) in [6.07, 6.45) is 0.998. The molecule has 0 fully saturated rings. The number of rotatable bonds is 9. The van der Waals surface area contributed by atoms with Crippen molar-refractivity contribution in [2.24, 2.45) is 5.92 Å². The predicted octanol–water partition coefficient (Wildman–Crippen LogP) is 3.21. The first kappa shape index (κ1) is 16.0. The second-order valence-electron chi connectivity index (χ2n) is 5.76. The molecule has 0 saturated carbocycles. The molecule has 0 spiro atoms. The molecule has 1 N–H and O–H groups in total. The molecule has 0 amide bonds. The van der Waals surface area contributed by atoms with Crippen LogP contribution < -0.4 is 5.32 Å². The molecule has 1 aromatic carbocycles. The summed E-state index contributed by atoms with van der Waals surface area (Å²) < 4.78 is 7.52. The molecule has 4 heteroatoms. The molecule has 1 heterocycles. The summed E-state index contributed by atoms with van der Waals surface area (Å²) >= 11 is 0. The minimum Gasteiger partial charge on any atom is -0.382 e. The van der Waals surface area contributed by atoms with Crippen molar-refractivity contribution in [2.75, 3.05) is 19.8 Å². The average molecular weight is 289 g/mol. The Bertz CT molecular complexity index is 548. The fourth-order valence-corrected chi connectivity index (χ4v) is 2.44. The molecule has 0 atom stereocenters. The standard InChI is InChI=1S/C17H27N3O/c1-4-21-11-7-10-20-17-9-6-5-8-15(17)16(19-20)13-18-12-14(2)3/h5-6,8-9,14,18H,4,7,10-13H2,1-3H3. The minimum atomic E-state index is 0.657. The molecule has 0 aliphatic heterocycles. The van der Waals surface area contributed by atoms with Crippen molar-refractivity contribution in [3.05, 3.63) is 30.0 Å². The molecule has 0 aliphatic rings. The van der Waals surface area contributed by atoms with Gasteiger partial charge in [0.25, 0.3) is 0 Å². The van der Waals surface area contributed by atoms with Crippen LogP contribution in [0.3, 0.4) is 0 Å². The Labute approximate surface area is 127 Å². The van der Waals surface area contributed by atoms with Crippen molar-refractivity contribution in [1.29, 1.82) is 0 Å². The number of nitrogens with zero attached hydrogens (tertiary/aromatic N) is 2. The lowest BCUT2D eigenvalue weighted by molar-refractivity contribution is 0.141. The highest BCUT2D eigenvalue weighted by Crippen LogP contribution is 2.18. The highest BCUT2D eigenvalue weighted by Gasteiger charge is 2.09. The fraction of sp³-hybridized carbons (Fsp3) is 0.588. The van der Waals surface area contributed by atoms with Gasteiger partial charge in [0.2, 0.25) is 0 Å². The number of ether oxygens (including phenoxy) is 1. The van der Waals surface area contributed by atoms with Gasteiger partial charge < -0.3 is 10.1 Å². The zero-order valence-corrected chi connectivity index (χ0v) is 13.4. The molecule has 0 unspecified atom stereocenters. The van der Waals surface area contributed by atoms with E-state index < -0.39 is 0 Å². The van der Waals surface area contributed by atoms with Gasteiger partial charge in [0.05, 0.1) is 11.2 Å². The second kappa shape index (κ2) is 8.15. The highest BCUT2D eigenvalue weighted by atomic mass is 16.5. The Morgan fingerprint density at radius 3 is 2.86 bits per heavy atom. The van der Waals surface area contributed by atoms with E-state index in [2.05, 4.69) is 48.1 Å². The Morgan fingerprint density at radius 1 is 1.29 bits per heavy atom. The first-order valence-electron chi connectivity index (χ1n) is 7.95.